The zero-order valence-corrected chi connectivity index (χ0v) is 30.0. The van der Waals surface area contributed by atoms with Crippen LogP contribution in [0.1, 0.15) is 48.5 Å². The molecule has 51 heavy (non-hydrogen) atoms. The van der Waals surface area contributed by atoms with Crippen LogP contribution in [0.5, 0.6) is 17.2 Å². The molecule has 0 saturated carbocycles. The van der Waals surface area contributed by atoms with Gasteiger partial charge in [0.05, 0.1) is 44.4 Å². The van der Waals surface area contributed by atoms with Crippen molar-refractivity contribution in [3.05, 3.63) is 77.6 Å². The number of aromatic nitrogens is 2. The summed E-state index contributed by atoms with van der Waals surface area (Å²) in [6.07, 6.45) is 3.36. The number of imidazole rings is 1. The normalized spacial score (nSPS) is 18.4. The number of ether oxygens (including phenoxy) is 4. The number of benzene rings is 3. The second-order valence-corrected chi connectivity index (χ2v) is 13.3. The molecule has 6 rings (SSSR count). The number of para-hydroxylation sites is 2. The number of nitrogens with zero attached hydrogens (tertiary/aromatic N) is 4. The Bertz CT molecular complexity index is 1800. The smallest absolute Gasteiger partial charge is 0.260 e. The summed E-state index contributed by atoms with van der Waals surface area (Å²) in [5.74, 6) is 0.948. The predicted octanol–water partition coefficient (Wildman–Crippen LogP) is 5.81. The van der Waals surface area contributed by atoms with Crippen molar-refractivity contribution < 1.29 is 32.9 Å². The number of hydrogen-bond acceptors (Lipinski definition) is 9. The number of fused-ring (bicyclic) bond motifs is 1. The molecule has 2 fully saturated rings. The summed E-state index contributed by atoms with van der Waals surface area (Å²) in [7, 11) is 4.47. The minimum Gasteiger partial charge on any atom is -0.493 e. The zero-order valence-electron chi connectivity index (χ0n) is 30.0. The van der Waals surface area contributed by atoms with Crippen LogP contribution in [-0.4, -0.2) is 97.9 Å². The molecule has 1 unspecified atom stereocenters. The first kappa shape index (κ1) is 36.1. The van der Waals surface area contributed by atoms with Crippen molar-refractivity contribution in [2.75, 3.05) is 66.0 Å². The molecule has 12 heteroatoms. The zero-order chi connectivity index (χ0) is 36.0. The highest BCUT2D eigenvalue weighted by Gasteiger charge is 2.49. The van der Waals surface area contributed by atoms with Crippen molar-refractivity contribution in [2.24, 2.45) is 5.41 Å². The van der Waals surface area contributed by atoms with E-state index in [4.69, 9.17) is 23.9 Å². The summed E-state index contributed by atoms with van der Waals surface area (Å²) in [6, 6.07) is 17.9. The molecular weight excluding hydrogens is 653 g/mol. The molecule has 2 saturated heterocycles. The van der Waals surface area contributed by atoms with E-state index in [1.165, 1.54) is 38.4 Å². The molecule has 2 aliphatic rings. The maximum Gasteiger partial charge on any atom is 0.260 e. The Balaban J connectivity index is 1.14. The van der Waals surface area contributed by atoms with Crippen LogP contribution in [0.2, 0.25) is 0 Å². The second-order valence-electron chi connectivity index (χ2n) is 13.3. The molecule has 0 bridgehead atoms. The molecule has 1 aromatic heterocycles. The lowest BCUT2D eigenvalue weighted by Gasteiger charge is -2.35. The van der Waals surface area contributed by atoms with Crippen molar-refractivity contribution >= 4 is 28.8 Å². The Morgan fingerprint density at radius 2 is 1.67 bits per heavy atom. The van der Waals surface area contributed by atoms with Crippen LogP contribution < -0.4 is 19.5 Å². The highest BCUT2D eigenvalue weighted by atomic mass is 19.1. The third-order valence-electron chi connectivity index (χ3n) is 10.3. The maximum absolute atomic E-state index is 14.4. The molecule has 1 N–H and O–H groups in total. The van der Waals surface area contributed by atoms with E-state index in [0.29, 0.717) is 56.3 Å². The maximum atomic E-state index is 14.4. The largest absolute Gasteiger partial charge is 0.493 e. The third-order valence-corrected chi connectivity index (χ3v) is 10.3. The number of imide groups is 1. The number of halogens is 1. The van der Waals surface area contributed by atoms with E-state index < -0.39 is 11.3 Å². The van der Waals surface area contributed by atoms with Gasteiger partial charge in [-0.15, -0.1) is 0 Å². The van der Waals surface area contributed by atoms with Crippen LogP contribution in [0, 0.1) is 11.2 Å². The van der Waals surface area contributed by atoms with E-state index in [1.54, 1.807) is 24.3 Å². The number of carbonyl (C=O) groups excluding carboxylic acids is 2. The number of likely N-dealkylation sites (tertiary alicyclic amines) is 2. The van der Waals surface area contributed by atoms with Gasteiger partial charge in [-0.3, -0.25) is 14.5 Å². The number of piperidine rings is 1. The number of rotatable bonds is 15. The van der Waals surface area contributed by atoms with E-state index in [2.05, 4.69) is 20.9 Å². The topological polar surface area (TPSA) is 107 Å². The number of anilines is 1. The van der Waals surface area contributed by atoms with E-state index in [-0.39, 0.29) is 29.9 Å². The molecule has 4 aromatic rings. The lowest BCUT2D eigenvalue weighted by atomic mass is 9.77. The molecule has 0 spiro atoms. The fourth-order valence-electron chi connectivity index (χ4n) is 7.42. The number of nitrogens with one attached hydrogen (secondary N) is 1. The molecule has 272 valence electrons. The molecule has 3 aromatic carbocycles. The van der Waals surface area contributed by atoms with Gasteiger partial charge in [0.1, 0.15) is 5.82 Å². The van der Waals surface area contributed by atoms with Crippen LogP contribution in [0.25, 0.3) is 11.0 Å². The van der Waals surface area contributed by atoms with Crippen LogP contribution in [0.4, 0.5) is 10.3 Å². The summed E-state index contributed by atoms with van der Waals surface area (Å²) in [6.45, 7) is 6.74. The standard InChI is InChI=1S/C39H48FN5O6/c1-5-51-23-22-44-32-9-7-6-8-31(32)42-38(44)41-30-14-18-43(19-15-30)20-16-39(26-27-10-12-29(40)13-11-27)17-21-45(37(39)47)36(46)28-24-33(48-2)35(50-4)34(25-28)49-3/h6-13,24-25,30H,5,14-23,26H2,1-4H3,(H,41,42). The molecule has 2 aliphatic heterocycles. The minimum atomic E-state index is -0.811. The van der Waals surface area contributed by atoms with Crippen LogP contribution >= 0.6 is 0 Å². The third kappa shape index (κ3) is 7.82. The first-order valence-corrected chi connectivity index (χ1v) is 17.7. The lowest BCUT2D eigenvalue weighted by molar-refractivity contribution is -0.134. The number of hydrogen-bond donors (Lipinski definition) is 1. The number of carbonyl (C=O) groups is 2. The fraction of sp³-hybridized carbons (Fsp3) is 0.462. The first-order chi connectivity index (χ1) is 24.8. The quantitative estimate of drug-likeness (QED) is 0.122. The van der Waals surface area contributed by atoms with Gasteiger partial charge in [-0.2, -0.15) is 0 Å². The van der Waals surface area contributed by atoms with Gasteiger partial charge in [0, 0.05) is 44.4 Å². The summed E-state index contributed by atoms with van der Waals surface area (Å²) in [4.78, 5) is 36.9. The molecule has 1 atom stereocenters. The Labute approximate surface area is 298 Å². The molecule has 3 heterocycles. The highest BCUT2D eigenvalue weighted by molar-refractivity contribution is 6.08. The van der Waals surface area contributed by atoms with Crippen LogP contribution in [-0.2, 0) is 22.5 Å². The van der Waals surface area contributed by atoms with Crippen LogP contribution in [0.3, 0.4) is 0 Å². The van der Waals surface area contributed by atoms with Gasteiger partial charge in [-0.25, -0.2) is 9.37 Å². The molecule has 0 radical (unpaired) electrons. The SMILES string of the molecule is CCOCCn1c(NC2CCN(CCC3(Cc4ccc(F)cc4)CCN(C(=O)c4cc(OC)c(OC)c(OC)c4)C3=O)CC2)nc2ccccc21. The highest BCUT2D eigenvalue weighted by Crippen LogP contribution is 2.42. The van der Waals surface area contributed by atoms with Gasteiger partial charge in [0.15, 0.2) is 11.5 Å². The van der Waals surface area contributed by atoms with E-state index >= 15 is 0 Å². The Hall–Kier alpha value is -4.68. The van der Waals surface area contributed by atoms with Crippen molar-refractivity contribution in [3.8, 4) is 17.2 Å². The van der Waals surface area contributed by atoms with E-state index in [1.807, 2.05) is 25.1 Å². The van der Waals surface area contributed by atoms with Gasteiger partial charge in [-0.05, 0) is 87.5 Å². The molecular formula is C39H48FN5O6. The Kier molecular flexibility index (Phi) is 11.4. The number of amides is 2. The molecule has 11 nitrogen and oxygen atoms in total. The average Bonchev–Trinajstić information content (AvgIpc) is 3.67. The van der Waals surface area contributed by atoms with Crippen molar-refractivity contribution in [2.45, 2.75) is 51.6 Å². The van der Waals surface area contributed by atoms with Gasteiger partial charge in [-0.1, -0.05) is 24.3 Å². The summed E-state index contributed by atoms with van der Waals surface area (Å²) in [5.41, 5.74) is 2.37. The molecule has 2 amide bonds. The van der Waals surface area contributed by atoms with Crippen molar-refractivity contribution in [3.63, 3.8) is 0 Å². The van der Waals surface area contributed by atoms with Gasteiger partial charge < -0.3 is 33.7 Å². The monoisotopic (exact) mass is 701 g/mol. The summed E-state index contributed by atoms with van der Waals surface area (Å²) in [5, 5.41) is 3.71. The number of methoxy groups -OCH3 is 3. The van der Waals surface area contributed by atoms with E-state index in [9.17, 15) is 14.0 Å². The van der Waals surface area contributed by atoms with Crippen LogP contribution in [0.15, 0.2) is 60.7 Å². The molecule has 0 aliphatic carbocycles. The second kappa shape index (κ2) is 16.1. The average molecular weight is 702 g/mol. The van der Waals surface area contributed by atoms with Gasteiger partial charge in [0.25, 0.3) is 5.91 Å². The predicted molar refractivity (Wildman–Crippen MR) is 193 cm³/mol. The Morgan fingerprint density at radius 3 is 2.33 bits per heavy atom. The Morgan fingerprint density at radius 1 is 0.961 bits per heavy atom. The first-order valence-electron chi connectivity index (χ1n) is 17.7. The summed E-state index contributed by atoms with van der Waals surface area (Å²) >= 11 is 0. The van der Waals surface area contributed by atoms with E-state index in [0.717, 1.165) is 55.0 Å². The van der Waals surface area contributed by atoms with Crippen molar-refractivity contribution in [1.82, 2.24) is 19.4 Å². The summed E-state index contributed by atoms with van der Waals surface area (Å²) < 4.78 is 38.0. The fourth-order valence-corrected chi connectivity index (χ4v) is 7.42. The van der Waals surface area contributed by atoms with Gasteiger partial charge >= 0.3 is 0 Å². The lowest BCUT2D eigenvalue weighted by Crippen LogP contribution is -2.44. The van der Waals surface area contributed by atoms with Gasteiger partial charge in [0.2, 0.25) is 17.6 Å². The van der Waals surface area contributed by atoms with Crippen molar-refractivity contribution in [1.29, 1.82) is 0 Å². The minimum absolute atomic E-state index is 0.215.